The fourth-order valence-electron chi connectivity index (χ4n) is 4.79. The number of halogens is 2. The lowest BCUT2D eigenvalue weighted by Gasteiger charge is -2.27. The van der Waals surface area contributed by atoms with Crippen molar-refractivity contribution < 1.29 is 19.0 Å². The molecule has 10 heteroatoms. The Morgan fingerprint density at radius 3 is 2.40 bits per heavy atom. The largest absolute Gasteiger partial charge is 0.496 e. The third kappa shape index (κ3) is 5.88. The Balaban J connectivity index is 1.86. The predicted octanol–water partition coefficient (Wildman–Crippen LogP) is 6.04. The standard InChI is InChI=1S/C32H28Cl2N2O5S/c1-5-40-31(38)27-28(19-9-7-6-8-10-19)35-32-36(29(27)23-17-22(34)12-14-25(23)39-4)30(37)26(42-32)16-20-15-21(33)11-13-24(20)41-18(2)3/h6-18,29H,5H2,1-4H3/b26-16-/t29-/m0/s1. The van der Waals surface area contributed by atoms with Gasteiger partial charge in [0.1, 0.15) is 17.5 Å². The van der Waals surface area contributed by atoms with Gasteiger partial charge in [-0.2, -0.15) is 0 Å². The molecule has 0 saturated heterocycles. The van der Waals surface area contributed by atoms with E-state index in [1.807, 2.05) is 44.2 Å². The lowest BCUT2D eigenvalue weighted by molar-refractivity contribution is -0.138. The van der Waals surface area contributed by atoms with E-state index in [0.717, 1.165) is 0 Å². The highest BCUT2D eigenvalue weighted by Gasteiger charge is 2.37. The highest BCUT2D eigenvalue weighted by atomic mass is 35.5. The Hall–Kier alpha value is -3.85. The minimum atomic E-state index is -0.933. The highest BCUT2D eigenvalue weighted by molar-refractivity contribution is 7.07. The maximum Gasteiger partial charge on any atom is 0.338 e. The molecule has 0 fully saturated rings. The first kappa shape index (κ1) is 29.6. The summed E-state index contributed by atoms with van der Waals surface area (Å²) in [5, 5.41) is 0.923. The van der Waals surface area contributed by atoms with Crippen molar-refractivity contribution in [3.8, 4) is 11.5 Å². The molecule has 1 aliphatic rings. The van der Waals surface area contributed by atoms with E-state index in [1.165, 1.54) is 23.0 Å². The van der Waals surface area contributed by atoms with Crippen molar-refractivity contribution in [2.45, 2.75) is 32.9 Å². The number of rotatable bonds is 8. The summed E-state index contributed by atoms with van der Waals surface area (Å²) in [5.74, 6) is 0.451. The molecule has 0 N–H and O–H groups in total. The number of carbonyl (C=O) groups excluding carboxylic acids is 1. The quantitative estimate of drug-likeness (QED) is 0.224. The van der Waals surface area contributed by atoms with Gasteiger partial charge in [0, 0.05) is 26.7 Å². The maximum absolute atomic E-state index is 14.2. The Morgan fingerprint density at radius 2 is 1.74 bits per heavy atom. The van der Waals surface area contributed by atoms with Crippen molar-refractivity contribution in [3.63, 3.8) is 0 Å². The average molecular weight is 624 g/mol. The number of ether oxygens (including phenoxy) is 3. The van der Waals surface area contributed by atoms with Crippen LogP contribution in [0.2, 0.25) is 10.0 Å². The molecule has 0 radical (unpaired) electrons. The molecule has 5 rings (SSSR count). The molecule has 0 bridgehead atoms. The molecule has 1 aliphatic heterocycles. The summed E-state index contributed by atoms with van der Waals surface area (Å²) in [6.07, 6.45) is 1.64. The van der Waals surface area contributed by atoms with Gasteiger partial charge in [-0.15, -0.1) is 0 Å². The van der Waals surface area contributed by atoms with Gasteiger partial charge in [0.2, 0.25) is 0 Å². The summed E-state index contributed by atoms with van der Waals surface area (Å²) >= 11 is 14.0. The van der Waals surface area contributed by atoms with Crippen molar-refractivity contribution in [2.75, 3.05) is 13.7 Å². The molecule has 0 unspecified atom stereocenters. The second-order valence-corrected chi connectivity index (χ2v) is 11.5. The Bertz CT molecular complexity index is 1860. The SMILES string of the molecule is CCOC(=O)C1=C(c2ccccc2)N=c2s/c(=C\c3cc(Cl)ccc3OC(C)C)c(=O)n2[C@H]1c1cc(Cl)ccc1OC. The van der Waals surface area contributed by atoms with Crippen LogP contribution in [0.4, 0.5) is 0 Å². The molecular weight excluding hydrogens is 595 g/mol. The highest BCUT2D eigenvalue weighted by Crippen LogP contribution is 2.39. The van der Waals surface area contributed by atoms with Gasteiger partial charge in [-0.3, -0.25) is 9.36 Å². The number of hydrogen-bond acceptors (Lipinski definition) is 7. The zero-order chi connectivity index (χ0) is 30.0. The van der Waals surface area contributed by atoms with E-state index < -0.39 is 12.0 Å². The van der Waals surface area contributed by atoms with Gasteiger partial charge in [0.25, 0.3) is 5.56 Å². The van der Waals surface area contributed by atoms with E-state index in [-0.39, 0.29) is 23.8 Å². The first-order valence-electron chi connectivity index (χ1n) is 13.3. The fraction of sp³-hybridized carbons (Fsp3) is 0.219. The summed E-state index contributed by atoms with van der Waals surface area (Å²) in [7, 11) is 1.53. The predicted molar refractivity (Wildman–Crippen MR) is 166 cm³/mol. The van der Waals surface area contributed by atoms with Crippen LogP contribution in [0.1, 0.15) is 43.5 Å². The first-order chi connectivity index (χ1) is 20.2. The van der Waals surface area contributed by atoms with Crippen LogP contribution >= 0.6 is 34.5 Å². The lowest BCUT2D eigenvalue weighted by atomic mass is 9.92. The van der Waals surface area contributed by atoms with Crippen LogP contribution in [-0.4, -0.2) is 30.4 Å². The summed E-state index contributed by atoms with van der Waals surface area (Å²) in [6, 6.07) is 18.7. The third-order valence-electron chi connectivity index (χ3n) is 6.48. The van der Waals surface area contributed by atoms with Gasteiger partial charge in [0.05, 0.1) is 35.6 Å². The second-order valence-electron chi connectivity index (χ2n) is 9.67. The van der Waals surface area contributed by atoms with E-state index in [1.54, 1.807) is 49.4 Å². The second kappa shape index (κ2) is 12.6. The summed E-state index contributed by atoms with van der Waals surface area (Å²) in [4.78, 5) is 33.2. The fourth-order valence-corrected chi connectivity index (χ4v) is 6.14. The molecule has 0 spiro atoms. The topological polar surface area (TPSA) is 79.1 Å². The van der Waals surface area contributed by atoms with Crippen LogP contribution in [0, 0.1) is 0 Å². The van der Waals surface area contributed by atoms with E-state index in [4.69, 9.17) is 42.4 Å². The van der Waals surface area contributed by atoms with Crippen molar-refractivity contribution in [2.24, 2.45) is 4.99 Å². The minimum Gasteiger partial charge on any atom is -0.496 e. The third-order valence-corrected chi connectivity index (χ3v) is 7.93. The molecule has 4 aromatic rings. The molecule has 1 aromatic heterocycles. The van der Waals surface area contributed by atoms with Crippen molar-refractivity contribution in [3.05, 3.63) is 119 Å². The number of aromatic nitrogens is 1. The molecule has 0 amide bonds. The monoisotopic (exact) mass is 622 g/mol. The van der Waals surface area contributed by atoms with E-state index in [2.05, 4.69) is 0 Å². The average Bonchev–Trinajstić information content (AvgIpc) is 3.28. The molecule has 7 nitrogen and oxygen atoms in total. The molecule has 3 aromatic carbocycles. The van der Waals surface area contributed by atoms with Crippen LogP contribution in [0.15, 0.2) is 82.1 Å². The number of methoxy groups -OCH3 is 1. The minimum absolute atomic E-state index is 0.0876. The number of nitrogens with zero attached hydrogens (tertiary/aromatic N) is 2. The van der Waals surface area contributed by atoms with Crippen LogP contribution in [0.3, 0.4) is 0 Å². The van der Waals surface area contributed by atoms with Gasteiger partial charge in [-0.1, -0.05) is 64.9 Å². The van der Waals surface area contributed by atoms with E-state index in [0.29, 0.717) is 53.3 Å². The van der Waals surface area contributed by atoms with Gasteiger partial charge in [-0.25, -0.2) is 9.79 Å². The van der Waals surface area contributed by atoms with Crippen LogP contribution in [-0.2, 0) is 9.53 Å². The van der Waals surface area contributed by atoms with Gasteiger partial charge < -0.3 is 14.2 Å². The Morgan fingerprint density at radius 1 is 1.05 bits per heavy atom. The van der Waals surface area contributed by atoms with Crippen molar-refractivity contribution in [1.82, 2.24) is 4.57 Å². The zero-order valence-electron chi connectivity index (χ0n) is 23.4. The lowest BCUT2D eigenvalue weighted by Crippen LogP contribution is -2.40. The van der Waals surface area contributed by atoms with Crippen LogP contribution in [0.5, 0.6) is 11.5 Å². The van der Waals surface area contributed by atoms with Crippen LogP contribution < -0.4 is 24.4 Å². The summed E-state index contributed by atoms with van der Waals surface area (Å²) in [6.45, 7) is 5.72. The molecule has 1 atom stereocenters. The normalized spacial score (nSPS) is 14.9. The number of benzene rings is 3. The van der Waals surface area contributed by atoms with Gasteiger partial charge in [0.15, 0.2) is 4.80 Å². The van der Waals surface area contributed by atoms with E-state index in [9.17, 15) is 9.59 Å². The Kier molecular flexibility index (Phi) is 8.87. The number of carbonyl (C=O) groups is 1. The molecule has 0 aliphatic carbocycles. The van der Waals surface area contributed by atoms with Crippen molar-refractivity contribution in [1.29, 1.82) is 0 Å². The van der Waals surface area contributed by atoms with Crippen LogP contribution in [0.25, 0.3) is 11.8 Å². The smallest absolute Gasteiger partial charge is 0.338 e. The molecule has 0 saturated carbocycles. The van der Waals surface area contributed by atoms with Crippen molar-refractivity contribution >= 4 is 52.3 Å². The number of fused-ring (bicyclic) bond motifs is 1. The number of hydrogen-bond donors (Lipinski definition) is 0. The molecular formula is C32H28Cl2N2O5S. The summed E-state index contributed by atoms with van der Waals surface area (Å²) in [5.41, 5.74) is 2.12. The van der Waals surface area contributed by atoms with Gasteiger partial charge >= 0.3 is 5.97 Å². The molecule has 2 heterocycles. The number of thiazole rings is 1. The first-order valence-corrected chi connectivity index (χ1v) is 14.9. The maximum atomic E-state index is 14.2. The Labute approximate surface area is 256 Å². The summed E-state index contributed by atoms with van der Waals surface area (Å²) < 4.78 is 19.1. The van der Waals surface area contributed by atoms with Gasteiger partial charge in [-0.05, 0) is 63.2 Å². The molecule has 42 heavy (non-hydrogen) atoms. The molecule has 216 valence electrons. The van der Waals surface area contributed by atoms with E-state index >= 15 is 0 Å². The zero-order valence-corrected chi connectivity index (χ0v) is 25.7. The number of esters is 1.